The van der Waals surface area contributed by atoms with E-state index in [0.29, 0.717) is 11.1 Å². The number of hydrogen-bond acceptors (Lipinski definition) is 8. The minimum Gasteiger partial charge on any atom is -0.444 e. The van der Waals surface area contributed by atoms with Gasteiger partial charge < -0.3 is 28.5 Å². The minimum absolute atomic E-state index is 0.0665. The summed E-state index contributed by atoms with van der Waals surface area (Å²) in [7, 11) is 0. The average Bonchev–Trinajstić information content (AvgIpc) is 3.56. The van der Waals surface area contributed by atoms with E-state index in [2.05, 4.69) is 20.4 Å². The lowest BCUT2D eigenvalue weighted by Crippen LogP contribution is -2.66. The molecule has 1 atom stereocenters. The summed E-state index contributed by atoms with van der Waals surface area (Å²) in [5, 5.41) is 6.50. The number of nitrogens with zero attached hydrogens (tertiary/aromatic N) is 4. The van der Waals surface area contributed by atoms with Gasteiger partial charge in [0, 0.05) is 24.4 Å². The van der Waals surface area contributed by atoms with Crippen molar-refractivity contribution in [1.82, 2.24) is 24.8 Å². The van der Waals surface area contributed by atoms with Crippen molar-refractivity contribution in [3.8, 4) is 23.0 Å². The van der Waals surface area contributed by atoms with Crippen LogP contribution in [-0.2, 0) is 26.8 Å². The van der Waals surface area contributed by atoms with Crippen LogP contribution in [-0.4, -0.2) is 61.9 Å². The predicted octanol–water partition coefficient (Wildman–Crippen LogP) is 7.30. The summed E-state index contributed by atoms with van der Waals surface area (Å²) in [4.78, 5) is 21.1. The number of pyridine rings is 1. The Morgan fingerprint density at radius 3 is 2.40 bits per heavy atom. The second kappa shape index (κ2) is 11.7. The minimum atomic E-state index is -4.60. The second-order valence-corrected chi connectivity index (χ2v) is 12.9. The molecule has 1 aliphatic rings. The fourth-order valence-corrected chi connectivity index (χ4v) is 5.09. The number of carbonyl (C=O) groups is 1. The van der Waals surface area contributed by atoms with Crippen LogP contribution in [0.2, 0.25) is 10.0 Å². The summed E-state index contributed by atoms with van der Waals surface area (Å²) in [6, 6.07) is 5.49. The van der Waals surface area contributed by atoms with Crippen LogP contribution in [0.5, 0.6) is 0 Å². The van der Waals surface area contributed by atoms with Gasteiger partial charge in [0.25, 0.3) is 5.89 Å². The Balaban J connectivity index is 1.35. The molecule has 16 heteroatoms. The van der Waals surface area contributed by atoms with Crippen LogP contribution in [0.4, 0.5) is 22.4 Å². The Morgan fingerprint density at radius 1 is 1.09 bits per heavy atom. The first-order valence-corrected chi connectivity index (χ1v) is 14.4. The number of hydrogen-bond donors (Lipinski definition) is 1. The monoisotopic (exact) mass is 673 g/mol. The molecule has 1 saturated heterocycles. The van der Waals surface area contributed by atoms with E-state index < -0.39 is 40.9 Å². The Kier molecular flexibility index (Phi) is 8.57. The third-order valence-corrected chi connectivity index (χ3v) is 7.46. The zero-order valence-electron chi connectivity index (χ0n) is 24.8. The molecule has 1 fully saturated rings. The van der Waals surface area contributed by atoms with Gasteiger partial charge in [-0.15, -0.1) is 0 Å². The van der Waals surface area contributed by atoms with E-state index in [-0.39, 0.29) is 52.7 Å². The topological polar surface area (TPSA) is 113 Å². The number of rotatable bonds is 6. The number of amides is 1. The normalized spacial score (nSPS) is 17.3. The van der Waals surface area contributed by atoms with Crippen LogP contribution in [0.15, 0.2) is 41.2 Å². The van der Waals surface area contributed by atoms with Gasteiger partial charge in [-0.2, -0.15) is 18.2 Å². The molecule has 10 nitrogen and oxygen atoms in total. The van der Waals surface area contributed by atoms with E-state index in [1.165, 1.54) is 12.3 Å². The van der Waals surface area contributed by atoms with E-state index >= 15 is 4.39 Å². The SMILES string of the molecule is CC(C)(C)OC(=O)NC1(C(F)Cc2ccc(-c3noc(-c4cn5cc(C(F)(F)F)cc(Cl)c5n4)n3)c(Cl)c2)COC(C)(C)OC1. The van der Waals surface area contributed by atoms with Gasteiger partial charge in [-0.1, -0.05) is 34.4 Å². The van der Waals surface area contributed by atoms with Crippen LogP contribution in [0, 0.1) is 0 Å². The van der Waals surface area contributed by atoms with Crippen molar-refractivity contribution in [2.75, 3.05) is 13.2 Å². The highest BCUT2D eigenvalue weighted by Crippen LogP contribution is 2.35. The van der Waals surface area contributed by atoms with Crippen LogP contribution >= 0.6 is 23.2 Å². The van der Waals surface area contributed by atoms with E-state index in [0.717, 1.165) is 16.7 Å². The number of fused-ring (bicyclic) bond motifs is 1. The van der Waals surface area contributed by atoms with Crippen molar-refractivity contribution in [3.05, 3.63) is 57.8 Å². The lowest BCUT2D eigenvalue weighted by atomic mass is 9.89. The predicted molar refractivity (Wildman–Crippen MR) is 156 cm³/mol. The van der Waals surface area contributed by atoms with Gasteiger partial charge in [0.1, 0.15) is 23.0 Å². The Bertz CT molecular complexity index is 1720. The molecular formula is C29H29Cl2F4N5O5. The Labute approximate surface area is 264 Å². The van der Waals surface area contributed by atoms with Crippen LogP contribution in [0.25, 0.3) is 28.6 Å². The zero-order valence-corrected chi connectivity index (χ0v) is 26.3. The van der Waals surface area contributed by atoms with Gasteiger partial charge >= 0.3 is 12.3 Å². The summed E-state index contributed by atoms with van der Waals surface area (Å²) >= 11 is 12.6. The summed E-state index contributed by atoms with van der Waals surface area (Å²) in [6.45, 7) is 8.13. The fraction of sp³-hybridized carbons (Fsp3) is 0.448. The lowest BCUT2D eigenvalue weighted by Gasteiger charge is -2.45. The number of benzene rings is 1. The van der Waals surface area contributed by atoms with E-state index in [1.54, 1.807) is 46.8 Å². The first-order valence-electron chi connectivity index (χ1n) is 13.7. The number of halogens is 6. The molecule has 4 aromatic rings. The summed E-state index contributed by atoms with van der Waals surface area (Å²) in [6.07, 6.45) is -5.12. The molecule has 0 radical (unpaired) electrons. The van der Waals surface area contributed by atoms with Crippen LogP contribution in [0.3, 0.4) is 0 Å². The molecule has 0 saturated carbocycles. The number of alkyl carbamates (subject to hydrolysis) is 1. The average molecular weight is 674 g/mol. The Hall–Kier alpha value is -3.46. The van der Waals surface area contributed by atoms with Crippen molar-refractivity contribution in [2.45, 2.75) is 70.3 Å². The van der Waals surface area contributed by atoms with E-state index in [1.807, 2.05) is 0 Å². The third-order valence-electron chi connectivity index (χ3n) is 6.87. The first kappa shape index (κ1) is 32.9. The van der Waals surface area contributed by atoms with Crippen molar-refractivity contribution in [1.29, 1.82) is 0 Å². The van der Waals surface area contributed by atoms with Gasteiger partial charge in [0.15, 0.2) is 11.4 Å². The lowest BCUT2D eigenvalue weighted by molar-refractivity contribution is -0.277. The van der Waals surface area contributed by atoms with E-state index in [9.17, 15) is 18.0 Å². The van der Waals surface area contributed by atoms with Gasteiger partial charge in [-0.25, -0.2) is 14.2 Å². The number of nitrogens with one attached hydrogen (secondary N) is 1. The smallest absolute Gasteiger partial charge is 0.417 e. The Morgan fingerprint density at radius 2 is 1.78 bits per heavy atom. The van der Waals surface area contributed by atoms with Crippen molar-refractivity contribution in [2.24, 2.45) is 0 Å². The van der Waals surface area contributed by atoms with Gasteiger partial charge in [-0.05, 0) is 58.4 Å². The number of imidazole rings is 1. The number of carbonyl (C=O) groups excluding carboxylic acids is 1. The highest BCUT2D eigenvalue weighted by atomic mass is 35.5. The molecule has 1 amide bonds. The molecule has 1 aromatic carbocycles. The molecular weight excluding hydrogens is 645 g/mol. The molecule has 4 heterocycles. The van der Waals surface area contributed by atoms with Crippen LogP contribution < -0.4 is 5.32 Å². The maximum atomic E-state index is 16.0. The maximum absolute atomic E-state index is 16.0. The molecule has 0 bridgehead atoms. The molecule has 0 aliphatic carbocycles. The fourth-order valence-electron chi connectivity index (χ4n) is 4.55. The zero-order chi connectivity index (χ0) is 32.9. The molecule has 1 aliphatic heterocycles. The first-order chi connectivity index (χ1) is 20.8. The second-order valence-electron chi connectivity index (χ2n) is 12.1. The van der Waals surface area contributed by atoms with Crippen LogP contribution in [0.1, 0.15) is 45.7 Å². The van der Waals surface area contributed by atoms with Crippen molar-refractivity contribution in [3.63, 3.8) is 0 Å². The molecule has 45 heavy (non-hydrogen) atoms. The van der Waals surface area contributed by atoms with Gasteiger partial charge in [0.05, 0.1) is 28.8 Å². The standard InChI is InChI=1S/C29H29Cl2F4N5O5/c1-26(2,3)44-25(41)38-28(13-42-27(4,5)43-14-28)21(32)9-15-6-7-17(18(30)8-15)22-37-24(45-39-22)20-12-40-11-16(29(33,34)35)10-19(31)23(40)36-20/h6-8,10-12,21H,9,13-14H2,1-5H3,(H,38,41). The summed E-state index contributed by atoms with van der Waals surface area (Å²) < 4.78 is 78.8. The highest BCUT2D eigenvalue weighted by Gasteiger charge is 2.48. The van der Waals surface area contributed by atoms with E-state index in [4.69, 9.17) is 41.9 Å². The molecule has 1 unspecified atom stereocenters. The summed E-state index contributed by atoms with van der Waals surface area (Å²) in [5.74, 6) is -0.982. The molecule has 242 valence electrons. The maximum Gasteiger partial charge on any atom is 0.417 e. The van der Waals surface area contributed by atoms with Gasteiger partial charge in [-0.3, -0.25) is 0 Å². The van der Waals surface area contributed by atoms with Gasteiger partial charge in [0.2, 0.25) is 5.82 Å². The molecule has 1 N–H and O–H groups in total. The number of aromatic nitrogens is 4. The highest BCUT2D eigenvalue weighted by molar-refractivity contribution is 6.33. The molecule has 5 rings (SSSR count). The molecule has 3 aromatic heterocycles. The quantitative estimate of drug-likeness (QED) is 0.212. The largest absolute Gasteiger partial charge is 0.444 e. The number of alkyl halides is 4. The number of ether oxygens (including phenoxy) is 3. The summed E-state index contributed by atoms with van der Waals surface area (Å²) in [5.41, 5.74) is -2.30. The van der Waals surface area contributed by atoms with Crippen molar-refractivity contribution < 1.29 is 41.1 Å². The third kappa shape index (κ3) is 7.35. The molecule has 0 spiro atoms. The van der Waals surface area contributed by atoms with Crippen molar-refractivity contribution >= 4 is 34.9 Å².